The average Bonchev–Trinajstić information content (AvgIpc) is 2.61. The lowest BCUT2D eigenvalue weighted by atomic mass is 9.95. The number of ether oxygens (including phenoxy) is 4. The van der Waals surface area contributed by atoms with Crippen molar-refractivity contribution >= 4 is 11.9 Å². The predicted molar refractivity (Wildman–Crippen MR) is 88.4 cm³/mol. The van der Waals surface area contributed by atoms with Gasteiger partial charge < -0.3 is 49.8 Å². The molecule has 10 atom stereocenters. The van der Waals surface area contributed by atoms with Gasteiger partial charge in [-0.2, -0.15) is 0 Å². The summed E-state index contributed by atoms with van der Waals surface area (Å²) in [6.45, 7) is 3.06. The molecule has 2 aliphatic heterocycles. The zero-order valence-corrected chi connectivity index (χ0v) is 15.7. The first kappa shape index (κ1) is 22.9. The van der Waals surface area contributed by atoms with E-state index in [1.807, 2.05) is 0 Å². The van der Waals surface area contributed by atoms with Crippen LogP contribution < -0.4 is 5.32 Å². The van der Waals surface area contributed by atoms with Crippen molar-refractivity contribution in [2.75, 3.05) is 6.61 Å². The van der Waals surface area contributed by atoms with E-state index in [4.69, 9.17) is 18.9 Å². The van der Waals surface area contributed by atoms with Crippen LogP contribution in [0.2, 0.25) is 0 Å². The molecule has 2 rings (SSSR count). The molecule has 12 nitrogen and oxygen atoms in total. The molecule has 162 valence electrons. The van der Waals surface area contributed by atoms with Gasteiger partial charge in [-0.3, -0.25) is 9.59 Å². The quantitative estimate of drug-likeness (QED) is 0.246. The number of hydrogen-bond acceptors (Lipinski definition) is 11. The molecule has 0 aromatic heterocycles. The molecule has 0 spiro atoms. The summed E-state index contributed by atoms with van der Waals surface area (Å²) >= 11 is 0. The van der Waals surface area contributed by atoms with Crippen LogP contribution in [0.5, 0.6) is 0 Å². The third-order valence-corrected chi connectivity index (χ3v) is 4.62. The maximum absolute atomic E-state index is 11.5. The van der Waals surface area contributed by atoms with Gasteiger partial charge in [-0.1, -0.05) is 0 Å². The zero-order valence-electron chi connectivity index (χ0n) is 15.7. The van der Waals surface area contributed by atoms with E-state index in [2.05, 4.69) is 5.32 Å². The molecule has 0 aromatic rings. The van der Waals surface area contributed by atoms with Crippen LogP contribution in [0.25, 0.3) is 0 Å². The van der Waals surface area contributed by atoms with Crippen LogP contribution in [0.4, 0.5) is 0 Å². The fraction of sp³-hybridized carbons (Fsp3) is 0.875. The van der Waals surface area contributed by atoms with Crippen LogP contribution in [-0.4, -0.2) is 105 Å². The van der Waals surface area contributed by atoms with Gasteiger partial charge in [0.2, 0.25) is 5.91 Å². The molecule has 12 heteroatoms. The lowest BCUT2D eigenvalue weighted by Crippen LogP contribution is -2.67. The van der Waals surface area contributed by atoms with Crippen molar-refractivity contribution in [2.45, 2.75) is 82.1 Å². The van der Waals surface area contributed by atoms with Crippen LogP contribution in [0.1, 0.15) is 20.8 Å². The van der Waals surface area contributed by atoms with Crippen molar-refractivity contribution in [1.82, 2.24) is 5.32 Å². The maximum Gasteiger partial charge on any atom is 0.303 e. The highest BCUT2D eigenvalue weighted by atomic mass is 16.7. The Kier molecular flexibility index (Phi) is 7.70. The van der Waals surface area contributed by atoms with E-state index >= 15 is 0 Å². The van der Waals surface area contributed by atoms with Crippen LogP contribution in [0.3, 0.4) is 0 Å². The van der Waals surface area contributed by atoms with Crippen LogP contribution in [0.15, 0.2) is 0 Å². The smallest absolute Gasteiger partial charge is 0.303 e. The lowest BCUT2D eigenvalue weighted by Gasteiger charge is -2.46. The minimum atomic E-state index is -1.63. The minimum absolute atomic E-state index is 0.555. The molecule has 2 saturated heterocycles. The first-order chi connectivity index (χ1) is 13.1. The molecule has 0 aromatic carbocycles. The van der Waals surface area contributed by atoms with Crippen LogP contribution in [-0.2, 0) is 28.5 Å². The van der Waals surface area contributed by atoms with E-state index < -0.39 is 79.8 Å². The fourth-order valence-corrected chi connectivity index (χ4v) is 3.22. The number of carbonyl (C=O) groups excluding carboxylic acids is 2. The molecular formula is C16H27NO11. The summed E-state index contributed by atoms with van der Waals surface area (Å²) in [7, 11) is 0. The number of amides is 1. The third-order valence-electron chi connectivity index (χ3n) is 4.62. The van der Waals surface area contributed by atoms with Gasteiger partial charge >= 0.3 is 5.97 Å². The summed E-state index contributed by atoms with van der Waals surface area (Å²) in [5.74, 6) is -1.33. The summed E-state index contributed by atoms with van der Waals surface area (Å²) in [5.41, 5.74) is 0. The first-order valence-electron chi connectivity index (χ1n) is 8.80. The van der Waals surface area contributed by atoms with Gasteiger partial charge in [0.15, 0.2) is 18.7 Å². The second kappa shape index (κ2) is 9.41. The Morgan fingerprint density at radius 3 is 2.18 bits per heavy atom. The molecule has 0 aliphatic carbocycles. The fourth-order valence-electron chi connectivity index (χ4n) is 3.22. The number of nitrogens with one attached hydrogen (secondary N) is 1. The van der Waals surface area contributed by atoms with Crippen LogP contribution >= 0.6 is 0 Å². The molecule has 28 heavy (non-hydrogen) atoms. The van der Waals surface area contributed by atoms with E-state index in [0.717, 1.165) is 6.92 Å². The summed E-state index contributed by atoms with van der Waals surface area (Å²) in [5, 5.41) is 52.6. The summed E-state index contributed by atoms with van der Waals surface area (Å²) < 4.78 is 21.2. The summed E-state index contributed by atoms with van der Waals surface area (Å²) in [6.07, 6.45) is -12.4. The molecule has 1 amide bonds. The highest BCUT2D eigenvalue weighted by molar-refractivity contribution is 5.73. The van der Waals surface area contributed by atoms with Crippen molar-refractivity contribution in [3.05, 3.63) is 0 Å². The summed E-state index contributed by atoms with van der Waals surface area (Å²) in [4.78, 5) is 22.9. The van der Waals surface area contributed by atoms with Crippen molar-refractivity contribution < 1.29 is 54.1 Å². The number of rotatable bonds is 5. The zero-order chi connectivity index (χ0) is 21.2. The normalized spacial score (nSPS) is 44.0. The highest BCUT2D eigenvalue weighted by Gasteiger charge is 2.51. The Morgan fingerprint density at radius 1 is 1.00 bits per heavy atom. The van der Waals surface area contributed by atoms with Gasteiger partial charge in [-0.15, -0.1) is 0 Å². The molecule has 6 unspecified atom stereocenters. The van der Waals surface area contributed by atoms with Crippen molar-refractivity contribution in [2.24, 2.45) is 0 Å². The number of aliphatic hydroxyl groups is 5. The Hall–Kier alpha value is -1.38. The molecule has 2 fully saturated rings. The SMILES string of the molecule is CC(=O)NC1C(O[C@@H]2OC(C)[C@H](O)C(O)C2OC(C)=O)[C@H](O)C(CO)O[C@H]1O. The van der Waals surface area contributed by atoms with Gasteiger partial charge in [0, 0.05) is 13.8 Å². The second-order valence-electron chi connectivity index (χ2n) is 6.83. The Morgan fingerprint density at radius 2 is 1.64 bits per heavy atom. The molecule has 6 N–H and O–H groups in total. The van der Waals surface area contributed by atoms with E-state index in [1.165, 1.54) is 13.8 Å². The minimum Gasteiger partial charge on any atom is -0.454 e. The van der Waals surface area contributed by atoms with Gasteiger partial charge in [0.1, 0.15) is 36.6 Å². The largest absolute Gasteiger partial charge is 0.454 e. The molecule has 2 aliphatic rings. The standard InChI is InChI=1S/C16H27NO11/c1-5-10(21)12(23)14(26-7(3)20)16(25-5)28-13-9(17-6(2)19)15(24)27-8(4-18)11(13)22/h5,8-16,18,21-24H,4H2,1-3H3,(H,17,19)/t5?,8?,9?,10-,11+,12?,13?,14?,15+,16-/m0/s1. The van der Waals surface area contributed by atoms with Gasteiger partial charge in [0.05, 0.1) is 12.7 Å². The third kappa shape index (κ3) is 4.96. The lowest BCUT2D eigenvalue weighted by molar-refractivity contribution is -0.338. The number of hydrogen-bond donors (Lipinski definition) is 6. The molecule has 0 radical (unpaired) electrons. The predicted octanol–water partition coefficient (Wildman–Crippen LogP) is -3.65. The van der Waals surface area contributed by atoms with Crippen molar-refractivity contribution in [3.8, 4) is 0 Å². The van der Waals surface area contributed by atoms with E-state index in [0.29, 0.717) is 0 Å². The maximum atomic E-state index is 11.5. The topological polar surface area (TPSA) is 184 Å². The average molecular weight is 409 g/mol. The number of esters is 1. The Balaban J connectivity index is 2.29. The molecule has 2 heterocycles. The molecule has 0 saturated carbocycles. The summed E-state index contributed by atoms with van der Waals surface area (Å²) in [6, 6.07) is -1.25. The molecular weight excluding hydrogens is 382 g/mol. The first-order valence-corrected chi connectivity index (χ1v) is 8.80. The Bertz CT molecular complexity index is 547. The van der Waals surface area contributed by atoms with Crippen LogP contribution in [0, 0.1) is 0 Å². The monoisotopic (exact) mass is 409 g/mol. The van der Waals surface area contributed by atoms with E-state index in [9.17, 15) is 35.1 Å². The van der Waals surface area contributed by atoms with Gasteiger partial charge in [-0.25, -0.2) is 0 Å². The van der Waals surface area contributed by atoms with Crippen molar-refractivity contribution in [1.29, 1.82) is 0 Å². The van der Waals surface area contributed by atoms with E-state index in [-0.39, 0.29) is 0 Å². The second-order valence-corrected chi connectivity index (χ2v) is 6.83. The highest BCUT2D eigenvalue weighted by Crippen LogP contribution is 2.29. The van der Waals surface area contributed by atoms with E-state index in [1.54, 1.807) is 0 Å². The molecule has 0 bridgehead atoms. The number of carbonyl (C=O) groups is 2. The van der Waals surface area contributed by atoms with Gasteiger partial charge in [-0.05, 0) is 6.92 Å². The van der Waals surface area contributed by atoms with Gasteiger partial charge in [0.25, 0.3) is 0 Å². The Labute approximate surface area is 160 Å². The number of aliphatic hydroxyl groups excluding tert-OH is 5. The van der Waals surface area contributed by atoms with Crippen molar-refractivity contribution in [3.63, 3.8) is 0 Å².